The Labute approximate surface area is 105 Å². The maximum atomic E-state index is 12.5. The molecule has 2 rings (SSSR count). The van der Waals surface area contributed by atoms with Crippen LogP contribution in [-0.4, -0.2) is 15.3 Å². The van der Waals surface area contributed by atoms with Crippen LogP contribution in [0.2, 0.25) is 5.15 Å². The number of rotatable bonds is 1. The monoisotopic (exact) mass is 274 g/mol. The van der Waals surface area contributed by atoms with Gasteiger partial charge in [0.2, 0.25) is 0 Å². The van der Waals surface area contributed by atoms with E-state index in [4.69, 9.17) is 11.6 Å². The minimum atomic E-state index is -4.48. The number of benzene rings is 1. The van der Waals surface area contributed by atoms with E-state index in [1.165, 1.54) is 12.1 Å². The van der Waals surface area contributed by atoms with Gasteiger partial charge in [0, 0.05) is 5.56 Å². The van der Waals surface area contributed by atoms with Crippen LogP contribution in [0.15, 0.2) is 30.3 Å². The highest BCUT2D eigenvalue weighted by molar-refractivity contribution is 6.29. The van der Waals surface area contributed by atoms with Gasteiger partial charge in [-0.15, -0.1) is 10.2 Å². The van der Waals surface area contributed by atoms with Crippen molar-refractivity contribution in [1.82, 2.24) is 10.2 Å². The van der Waals surface area contributed by atoms with Crippen molar-refractivity contribution in [1.29, 1.82) is 0 Å². The molecule has 0 radical (unpaired) electrons. The minimum absolute atomic E-state index is 0.0472. The number of nitrogens with zero attached hydrogens (tertiary/aromatic N) is 2. The van der Waals surface area contributed by atoms with Crippen LogP contribution in [0.5, 0.6) is 5.75 Å². The van der Waals surface area contributed by atoms with Crippen molar-refractivity contribution in [2.75, 3.05) is 0 Å². The van der Waals surface area contributed by atoms with Gasteiger partial charge in [0.1, 0.15) is 5.75 Å². The number of alkyl halides is 3. The van der Waals surface area contributed by atoms with Crippen LogP contribution in [-0.2, 0) is 6.18 Å². The zero-order valence-corrected chi connectivity index (χ0v) is 9.50. The Morgan fingerprint density at radius 2 is 1.78 bits per heavy atom. The summed E-state index contributed by atoms with van der Waals surface area (Å²) in [5, 5.41) is 16.8. The smallest absolute Gasteiger partial charge is 0.416 e. The first-order chi connectivity index (χ1) is 8.38. The Morgan fingerprint density at radius 1 is 1.06 bits per heavy atom. The van der Waals surface area contributed by atoms with Crippen LogP contribution in [0.1, 0.15) is 5.56 Å². The lowest BCUT2D eigenvalue weighted by Crippen LogP contribution is -2.04. The van der Waals surface area contributed by atoms with E-state index in [2.05, 4.69) is 10.2 Å². The van der Waals surface area contributed by atoms with Gasteiger partial charge in [-0.1, -0.05) is 11.6 Å². The number of phenols is 1. The second-order valence-electron chi connectivity index (χ2n) is 3.47. The van der Waals surface area contributed by atoms with Gasteiger partial charge >= 0.3 is 6.18 Å². The van der Waals surface area contributed by atoms with Crippen molar-refractivity contribution in [2.45, 2.75) is 6.18 Å². The van der Waals surface area contributed by atoms with Crippen molar-refractivity contribution in [3.8, 4) is 17.0 Å². The molecule has 0 saturated carbocycles. The fraction of sp³-hybridized carbons (Fsp3) is 0.0909. The van der Waals surface area contributed by atoms with E-state index < -0.39 is 11.7 Å². The van der Waals surface area contributed by atoms with E-state index in [-0.39, 0.29) is 22.2 Å². The second kappa shape index (κ2) is 4.45. The molecule has 1 N–H and O–H groups in total. The van der Waals surface area contributed by atoms with E-state index >= 15 is 0 Å². The molecule has 7 heteroatoms. The molecule has 0 fully saturated rings. The standard InChI is InChI=1S/C11H6ClF3N2O/c12-10-4-2-8(16-17-10)7-5-6(11(13,14)15)1-3-9(7)18/h1-5,18H. The van der Waals surface area contributed by atoms with Crippen molar-refractivity contribution in [3.05, 3.63) is 41.0 Å². The van der Waals surface area contributed by atoms with E-state index in [1.54, 1.807) is 0 Å². The van der Waals surface area contributed by atoms with Gasteiger partial charge in [0.15, 0.2) is 5.15 Å². The van der Waals surface area contributed by atoms with Gasteiger partial charge < -0.3 is 5.11 Å². The molecule has 3 nitrogen and oxygen atoms in total. The highest BCUT2D eigenvalue weighted by Crippen LogP contribution is 2.35. The van der Waals surface area contributed by atoms with Crippen LogP contribution in [0.25, 0.3) is 11.3 Å². The maximum Gasteiger partial charge on any atom is 0.416 e. The molecule has 1 aromatic heterocycles. The van der Waals surface area contributed by atoms with Gasteiger partial charge in [0.05, 0.1) is 11.3 Å². The third-order valence-corrected chi connectivity index (χ3v) is 2.43. The molecule has 0 saturated heterocycles. The number of aromatic hydroxyl groups is 1. The van der Waals surface area contributed by atoms with Gasteiger partial charge in [-0.3, -0.25) is 0 Å². The van der Waals surface area contributed by atoms with Gasteiger partial charge in [-0.2, -0.15) is 13.2 Å². The summed E-state index contributed by atoms with van der Waals surface area (Å²) in [6.45, 7) is 0. The number of hydrogen-bond donors (Lipinski definition) is 1. The van der Waals surface area contributed by atoms with Crippen LogP contribution >= 0.6 is 11.6 Å². The zero-order chi connectivity index (χ0) is 13.3. The zero-order valence-electron chi connectivity index (χ0n) is 8.74. The summed E-state index contributed by atoms with van der Waals surface area (Å²) in [6, 6.07) is 5.33. The SMILES string of the molecule is Oc1ccc(C(F)(F)F)cc1-c1ccc(Cl)nn1. The summed E-state index contributed by atoms with van der Waals surface area (Å²) in [6.07, 6.45) is -4.48. The molecule has 0 bridgehead atoms. The van der Waals surface area contributed by atoms with E-state index in [1.807, 2.05) is 0 Å². The van der Waals surface area contributed by atoms with E-state index in [0.717, 1.165) is 18.2 Å². The third-order valence-electron chi connectivity index (χ3n) is 2.23. The largest absolute Gasteiger partial charge is 0.507 e. The summed E-state index contributed by atoms with van der Waals surface area (Å²) in [4.78, 5) is 0. The predicted octanol–water partition coefficient (Wildman–Crippen LogP) is 3.52. The van der Waals surface area contributed by atoms with Crippen LogP contribution in [0.3, 0.4) is 0 Å². The summed E-state index contributed by atoms with van der Waals surface area (Å²) in [5.74, 6) is -0.306. The third kappa shape index (κ3) is 2.53. The Morgan fingerprint density at radius 3 is 2.33 bits per heavy atom. The molecule has 2 aromatic rings. The van der Waals surface area contributed by atoms with Crippen molar-refractivity contribution in [2.24, 2.45) is 0 Å². The first kappa shape index (κ1) is 12.6. The van der Waals surface area contributed by atoms with Gasteiger partial charge in [-0.25, -0.2) is 0 Å². The quantitative estimate of drug-likeness (QED) is 0.865. The number of halogens is 4. The summed E-state index contributed by atoms with van der Waals surface area (Å²) in [7, 11) is 0. The lowest BCUT2D eigenvalue weighted by molar-refractivity contribution is -0.137. The maximum absolute atomic E-state index is 12.5. The average molecular weight is 275 g/mol. The highest BCUT2D eigenvalue weighted by atomic mass is 35.5. The fourth-order valence-electron chi connectivity index (χ4n) is 1.38. The molecular formula is C11H6ClF3N2O. The van der Waals surface area contributed by atoms with Crippen LogP contribution in [0, 0.1) is 0 Å². The topological polar surface area (TPSA) is 46.0 Å². The predicted molar refractivity (Wildman–Crippen MR) is 59.1 cm³/mol. The van der Waals surface area contributed by atoms with Crippen LogP contribution in [0.4, 0.5) is 13.2 Å². The Bertz CT molecular complexity index is 569. The van der Waals surface area contributed by atoms with Crippen molar-refractivity contribution in [3.63, 3.8) is 0 Å². The lowest BCUT2D eigenvalue weighted by Gasteiger charge is -2.09. The van der Waals surface area contributed by atoms with Gasteiger partial charge in [0.25, 0.3) is 0 Å². The molecule has 94 valence electrons. The molecule has 0 aliphatic carbocycles. The molecule has 0 aliphatic rings. The minimum Gasteiger partial charge on any atom is -0.507 e. The lowest BCUT2D eigenvalue weighted by atomic mass is 10.1. The molecule has 0 atom stereocenters. The first-order valence-electron chi connectivity index (χ1n) is 4.78. The second-order valence-corrected chi connectivity index (χ2v) is 3.86. The molecule has 1 heterocycles. The van der Waals surface area contributed by atoms with Crippen LogP contribution < -0.4 is 0 Å². The van der Waals surface area contributed by atoms with E-state index in [9.17, 15) is 18.3 Å². The number of hydrogen-bond acceptors (Lipinski definition) is 3. The van der Waals surface area contributed by atoms with Crippen molar-refractivity contribution < 1.29 is 18.3 Å². The summed E-state index contributed by atoms with van der Waals surface area (Å²) in [5.41, 5.74) is -0.802. The summed E-state index contributed by atoms with van der Waals surface area (Å²) >= 11 is 5.53. The molecule has 0 amide bonds. The first-order valence-corrected chi connectivity index (χ1v) is 5.15. The molecule has 18 heavy (non-hydrogen) atoms. The van der Waals surface area contributed by atoms with Crippen molar-refractivity contribution >= 4 is 11.6 Å². The summed E-state index contributed by atoms with van der Waals surface area (Å²) < 4.78 is 37.6. The van der Waals surface area contributed by atoms with Gasteiger partial charge in [-0.05, 0) is 30.3 Å². The Balaban J connectivity index is 2.53. The number of phenolic OH excluding ortho intramolecular Hbond substituents is 1. The normalized spacial score (nSPS) is 11.6. The number of aromatic nitrogens is 2. The average Bonchev–Trinajstić information content (AvgIpc) is 2.29. The highest BCUT2D eigenvalue weighted by Gasteiger charge is 2.31. The fourth-order valence-corrected chi connectivity index (χ4v) is 1.48. The molecule has 0 unspecified atom stereocenters. The Hall–Kier alpha value is -1.82. The Kier molecular flexibility index (Phi) is 3.13. The molecule has 1 aromatic carbocycles. The molecular weight excluding hydrogens is 269 g/mol. The van der Waals surface area contributed by atoms with E-state index in [0.29, 0.717) is 0 Å². The molecule has 0 aliphatic heterocycles. The molecule has 0 spiro atoms.